The van der Waals surface area contributed by atoms with Gasteiger partial charge in [0.15, 0.2) is 5.96 Å². The first kappa shape index (κ1) is 24.0. The molecule has 0 saturated heterocycles. The van der Waals surface area contributed by atoms with Gasteiger partial charge in [0.1, 0.15) is 5.69 Å². The second-order valence-electron chi connectivity index (χ2n) is 7.32. The molecule has 0 spiro atoms. The Hall–Kier alpha value is -3.61. The smallest absolute Gasteiger partial charge is 0.299 e. The average molecular weight is 474 g/mol. The minimum Gasteiger partial charge on any atom is -0.379 e. The van der Waals surface area contributed by atoms with Gasteiger partial charge in [-0.05, 0) is 32.3 Å². The summed E-state index contributed by atoms with van der Waals surface area (Å²) in [7, 11) is 0. The predicted octanol–water partition coefficient (Wildman–Crippen LogP) is 2.42. The van der Waals surface area contributed by atoms with Crippen LogP contribution in [0.3, 0.4) is 0 Å². The number of aromatic amines is 1. The summed E-state index contributed by atoms with van der Waals surface area (Å²) in [4.78, 5) is 29.6. The number of hydrogen-bond donors (Lipinski definition) is 6. The lowest BCUT2D eigenvalue weighted by atomic mass is 10.1. The monoisotopic (exact) mass is 473 g/mol. The first-order valence-electron chi connectivity index (χ1n) is 10.5. The predicted molar refractivity (Wildman–Crippen MR) is 129 cm³/mol. The molecule has 1 unspecified atom stereocenters. The van der Waals surface area contributed by atoms with E-state index in [0.29, 0.717) is 43.0 Å². The van der Waals surface area contributed by atoms with Crippen LogP contribution < -0.4 is 21.4 Å². The number of aryl methyl sites for hydroxylation is 1. The third-order valence-electron chi connectivity index (χ3n) is 4.86. The SMILES string of the molecule is CC1SC(=O)NN=C1c1ccc(NCCCNC(=N)NCCCc2c[nH]cn2)c([N+](=O)[O-])c1. The third kappa shape index (κ3) is 7.20. The average Bonchev–Trinajstić information content (AvgIpc) is 3.30. The number of carbonyl (C=O) groups excluding carboxylic acids is 1. The van der Waals surface area contributed by atoms with Crippen molar-refractivity contribution in [1.82, 2.24) is 26.0 Å². The van der Waals surface area contributed by atoms with Crippen LogP contribution in [0.1, 0.15) is 31.0 Å². The maximum atomic E-state index is 11.6. The molecule has 1 aromatic heterocycles. The number of aromatic nitrogens is 2. The number of benzene rings is 1. The molecule has 1 aliphatic rings. The number of anilines is 1. The van der Waals surface area contributed by atoms with E-state index in [9.17, 15) is 14.9 Å². The van der Waals surface area contributed by atoms with E-state index >= 15 is 0 Å². The van der Waals surface area contributed by atoms with Crippen molar-refractivity contribution < 1.29 is 9.72 Å². The highest BCUT2D eigenvalue weighted by molar-refractivity contribution is 8.14. The van der Waals surface area contributed by atoms with Crippen LogP contribution in [0.2, 0.25) is 0 Å². The second-order valence-corrected chi connectivity index (χ2v) is 8.63. The van der Waals surface area contributed by atoms with Gasteiger partial charge in [0, 0.05) is 37.5 Å². The van der Waals surface area contributed by atoms with E-state index in [-0.39, 0.29) is 22.1 Å². The number of carbonyl (C=O) groups is 1. The molecule has 33 heavy (non-hydrogen) atoms. The number of guanidine groups is 1. The van der Waals surface area contributed by atoms with E-state index < -0.39 is 4.92 Å². The second kappa shape index (κ2) is 11.9. The Morgan fingerprint density at radius 3 is 2.76 bits per heavy atom. The highest BCUT2D eigenvalue weighted by Gasteiger charge is 2.25. The molecule has 1 aliphatic heterocycles. The summed E-state index contributed by atoms with van der Waals surface area (Å²) < 4.78 is 0. The van der Waals surface area contributed by atoms with Gasteiger partial charge in [-0.1, -0.05) is 17.8 Å². The molecule has 1 aromatic carbocycles. The van der Waals surface area contributed by atoms with Crippen molar-refractivity contribution >= 4 is 40.0 Å². The van der Waals surface area contributed by atoms with Gasteiger partial charge in [-0.15, -0.1) is 0 Å². The summed E-state index contributed by atoms with van der Waals surface area (Å²) in [6.45, 7) is 3.55. The maximum absolute atomic E-state index is 11.6. The van der Waals surface area contributed by atoms with Gasteiger partial charge >= 0.3 is 0 Å². The van der Waals surface area contributed by atoms with Crippen molar-refractivity contribution in [2.45, 2.75) is 31.4 Å². The fraction of sp³-hybridized carbons (Fsp3) is 0.400. The van der Waals surface area contributed by atoms with Crippen LogP contribution in [0.25, 0.3) is 0 Å². The van der Waals surface area contributed by atoms with Crippen LogP contribution in [-0.4, -0.2) is 56.7 Å². The number of rotatable bonds is 11. The topological polar surface area (TPSA) is 173 Å². The molecule has 0 radical (unpaired) electrons. The summed E-state index contributed by atoms with van der Waals surface area (Å²) in [5.74, 6) is 0.250. The number of H-pyrrole nitrogens is 1. The van der Waals surface area contributed by atoms with Gasteiger partial charge in [0.05, 0.1) is 27.9 Å². The quantitative estimate of drug-likeness (QED) is 0.0948. The van der Waals surface area contributed by atoms with Crippen LogP contribution in [0.15, 0.2) is 35.8 Å². The Kier molecular flexibility index (Phi) is 8.63. The van der Waals surface area contributed by atoms with Crippen molar-refractivity contribution in [1.29, 1.82) is 5.41 Å². The minimum absolute atomic E-state index is 0.0522. The van der Waals surface area contributed by atoms with Gasteiger partial charge in [-0.25, -0.2) is 10.4 Å². The summed E-state index contributed by atoms with van der Waals surface area (Å²) in [5.41, 5.74) is 4.94. The summed E-state index contributed by atoms with van der Waals surface area (Å²) in [5, 5.41) is 32.1. The van der Waals surface area contributed by atoms with E-state index in [2.05, 4.69) is 36.4 Å². The Bertz CT molecular complexity index is 1010. The summed E-state index contributed by atoms with van der Waals surface area (Å²) >= 11 is 1.09. The number of nitro benzene ring substituents is 1. The highest BCUT2D eigenvalue weighted by Crippen LogP contribution is 2.29. The molecule has 13 heteroatoms. The van der Waals surface area contributed by atoms with Gasteiger partial charge < -0.3 is 20.9 Å². The number of nitrogens with one attached hydrogen (secondary N) is 6. The molecule has 2 aromatic rings. The van der Waals surface area contributed by atoms with Gasteiger partial charge in [-0.2, -0.15) is 5.10 Å². The number of nitro groups is 1. The molecule has 0 bridgehead atoms. The van der Waals surface area contributed by atoms with Crippen LogP contribution in [-0.2, 0) is 6.42 Å². The first-order chi connectivity index (χ1) is 15.9. The molecule has 1 amide bonds. The lowest BCUT2D eigenvalue weighted by Gasteiger charge is -2.18. The van der Waals surface area contributed by atoms with Gasteiger partial charge in [0.25, 0.3) is 10.9 Å². The zero-order valence-electron chi connectivity index (χ0n) is 18.2. The molecule has 1 atom stereocenters. The highest BCUT2D eigenvalue weighted by atomic mass is 32.2. The maximum Gasteiger partial charge on any atom is 0.299 e. The molecule has 176 valence electrons. The van der Waals surface area contributed by atoms with E-state index in [0.717, 1.165) is 30.3 Å². The van der Waals surface area contributed by atoms with E-state index in [1.807, 2.05) is 13.1 Å². The lowest BCUT2D eigenvalue weighted by Crippen LogP contribution is -2.37. The fourth-order valence-electron chi connectivity index (χ4n) is 3.23. The number of nitrogens with zero attached hydrogens (tertiary/aromatic N) is 3. The molecular formula is C20H27N9O3S. The normalized spacial score (nSPS) is 15.4. The standard InChI is InChI=1S/C20H27N9O3S/c1-13-18(27-28-20(30)33-13)14-5-6-16(17(10-14)29(31)32)23-8-3-9-25-19(21)24-7-2-4-15-11-22-12-26-15/h5-6,10-13,23H,2-4,7-9H2,1H3,(H,22,26)(H,28,30)(H3,21,24,25). The summed E-state index contributed by atoms with van der Waals surface area (Å²) in [6.07, 6.45) is 5.88. The Morgan fingerprint density at radius 2 is 2.06 bits per heavy atom. The number of hydrogen-bond acceptors (Lipinski definition) is 8. The molecule has 3 rings (SSSR count). The van der Waals surface area contributed by atoms with E-state index in [4.69, 9.17) is 5.41 Å². The zero-order valence-corrected chi connectivity index (χ0v) is 19.0. The van der Waals surface area contributed by atoms with Gasteiger partial charge in [0.2, 0.25) is 0 Å². The Labute approximate surface area is 195 Å². The lowest BCUT2D eigenvalue weighted by molar-refractivity contribution is -0.384. The third-order valence-corrected chi connectivity index (χ3v) is 5.75. The van der Waals surface area contributed by atoms with E-state index in [1.165, 1.54) is 6.07 Å². The Balaban J connectivity index is 1.41. The van der Waals surface area contributed by atoms with Crippen LogP contribution >= 0.6 is 11.8 Å². The number of imidazole rings is 1. The number of hydrazone groups is 1. The molecule has 6 N–H and O–H groups in total. The molecule has 12 nitrogen and oxygen atoms in total. The van der Waals surface area contributed by atoms with Crippen molar-refractivity contribution in [3.8, 4) is 0 Å². The molecule has 0 aliphatic carbocycles. The van der Waals surface area contributed by atoms with Crippen LogP contribution in [0.5, 0.6) is 0 Å². The van der Waals surface area contributed by atoms with Gasteiger partial charge in [-0.3, -0.25) is 20.3 Å². The van der Waals surface area contributed by atoms with Crippen LogP contribution in [0.4, 0.5) is 16.2 Å². The van der Waals surface area contributed by atoms with Crippen molar-refractivity contribution in [2.24, 2.45) is 5.10 Å². The van der Waals surface area contributed by atoms with Crippen molar-refractivity contribution in [3.05, 3.63) is 52.1 Å². The molecule has 0 fully saturated rings. The molecular weight excluding hydrogens is 446 g/mol. The Morgan fingerprint density at radius 1 is 1.27 bits per heavy atom. The number of thioether (sulfide) groups is 1. The minimum atomic E-state index is -0.438. The summed E-state index contributed by atoms with van der Waals surface area (Å²) in [6, 6.07) is 4.88. The fourth-order valence-corrected chi connectivity index (χ4v) is 3.95. The van der Waals surface area contributed by atoms with E-state index in [1.54, 1.807) is 18.5 Å². The first-order valence-corrected chi connectivity index (χ1v) is 11.4. The van der Waals surface area contributed by atoms with Crippen molar-refractivity contribution in [2.75, 3.05) is 25.0 Å². The largest absolute Gasteiger partial charge is 0.379 e. The van der Waals surface area contributed by atoms with Crippen molar-refractivity contribution in [3.63, 3.8) is 0 Å². The molecule has 2 heterocycles. The number of amides is 1. The van der Waals surface area contributed by atoms with Crippen LogP contribution in [0, 0.1) is 15.5 Å². The zero-order chi connectivity index (χ0) is 23.6. The molecule has 0 saturated carbocycles.